The molecule has 0 aliphatic heterocycles. The van der Waals surface area contributed by atoms with Crippen LogP contribution in [-0.4, -0.2) is 32.3 Å². The second-order valence-electron chi connectivity index (χ2n) is 5.14. The van der Waals surface area contributed by atoms with Crippen molar-refractivity contribution in [2.75, 3.05) is 20.3 Å². The van der Waals surface area contributed by atoms with Gasteiger partial charge in [-0.2, -0.15) is 0 Å². The van der Waals surface area contributed by atoms with Crippen molar-refractivity contribution in [1.82, 2.24) is 0 Å². The van der Waals surface area contributed by atoms with E-state index >= 15 is 0 Å². The predicted molar refractivity (Wildman–Crippen MR) is 101 cm³/mol. The Balaban J connectivity index is 2.00. The number of ether oxygens (including phenoxy) is 3. The van der Waals surface area contributed by atoms with Crippen LogP contribution in [0.1, 0.15) is 16.6 Å². The molecule has 0 atom stereocenters. The Morgan fingerprint density at radius 2 is 2.04 bits per heavy atom. The van der Waals surface area contributed by atoms with Crippen molar-refractivity contribution in [3.63, 3.8) is 0 Å². The first-order chi connectivity index (χ1) is 12.5. The molecule has 0 aliphatic rings. The highest BCUT2D eigenvalue weighted by Crippen LogP contribution is 2.47. The Bertz CT molecular complexity index is 925. The Labute approximate surface area is 161 Å². The molecule has 0 unspecified atom stereocenters. The van der Waals surface area contributed by atoms with E-state index in [0.29, 0.717) is 15.1 Å². The number of carbonyl (C=O) groups excluding carboxylic acids is 2. The van der Waals surface area contributed by atoms with Gasteiger partial charge in [-0.25, -0.2) is 9.59 Å². The van der Waals surface area contributed by atoms with Crippen LogP contribution < -0.4 is 4.74 Å². The van der Waals surface area contributed by atoms with Crippen molar-refractivity contribution in [3.05, 3.63) is 39.7 Å². The first kappa shape index (κ1) is 18.5. The number of para-hydroxylation sites is 1. The third-order valence-electron chi connectivity index (χ3n) is 3.47. The number of benzene rings is 1. The largest absolute Gasteiger partial charge is 0.479 e. The van der Waals surface area contributed by atoms with Gasteiger partial charge < -0.3 is 18.6 Å². The zero-order valence-electron chi connectivity index (χ0n) is 14.0. The summed E-state index contributed by atoms with van der Waals surface area (Å²) >= 11 is 4.61. The van der Waals surface area contributed by atoms with Gasteiger partial charge in [0.1, 0.15) is 11.3 Å². The lowest BCUT2D eigenvalue weighted by atomic mass is 10.2. The van der Waals surface area contributed by atoms with Crippen LogP contribution in [0.2, 0.25) is 0 Å². The Morgan fingerprint density at radius 3 is 2.73 bits per heavy atom. The quantitative estimate of drug-likeness (QED) is 0.521. The molecule has 3 aromatic rings. The van der Waals surface area contributed by atoms with E-state index in [1.807, 2.05) is 30.3 Å². The maximum atomic E-state index is 12.1. The molecule has 2 heterocycles. The SMILES string of the molecule is CCOC(=O)COc1c(C(=O)OC)sc(-c2cc3ccccc3o2)c1Br. The van der Waals surface area contributed by atoms with Crippen LogP contribution in [0.15, 0.2) is 39.2 Å². The predicted octanol–water partition coefficient (Wildman–Crippen LogP) is 4.65. The van der Waals surface area contributed by atoms with Crippen LogP contribution >= 0.6 is 27.3 Å². The van der Waals surface area contributed by atoms with Crippen LogP contribution in [0.4, 0.5) is 0 Å². The van der Waals surface area contributed by atoms with Crippen molar-refractivity contribution in [2.45, 2.75) is 6.92 Å². The molecule has 0 aliphatic carbocycles. The number of methoxy groups -OCH3 is 1. The zero-order valence-corrected chi connectivity index (χ0v) is 16.4. The molecule has 8 heteroatoms. The minimum absolute atomic E-state index is 0.227. The number of thiophene rings is 1. The average Bonchev–Trinajstić information content (AvgIpc) is 3.20. The molecule has 3 rings (SSSR count). The van der Waals surface area contributed by atoms with E-state index in [-0.39, 0.29) is 23.8 Å². The first-order valence-electron chi connectivity index (χ1n) is 7.73. The lowest BCUT2D eigenvalue weighted by Crippen LogP contribution is -2.15. The van der Waals surface area contributed by atoms with E-state index in [0.717, 1.165) is 22.3 Å². The van der Waals surface area contributed by atoms with Crippen LogP contribution in [0, 0.1) is 0 Å². The maximum Gasteiger partial charge on any atom is 0.351 e. The number of esters is 2. The summed E-state index contributed by atoms with van der Waals surface area (Å²) in [5.41, 5.74) is 0.733. The number of rotatable bonds is 6. The van der Waals surface area contributed by atoms with E-state index < -0.39 is 11.9 Å². The van der Waals surface area contributed by atoms with Crippen LogP contribution in [0.3, 0.4) is 0 Å². The summed E-state index contributed by atoms with van der Waals surface area (Å²) in [7, 11) is 1.28. The van der Waals surface area contributed by atoms with Gasteiger partial charge in [0.25, 0.3) is 0 Å². The van der Waals surface area contributed by atoms with Crippen LogP contribution in [-0.2, 0) is 14.3 Å². The van der Waals surface area contributed by atoms with Gasteiger partial charge in [-0.1, -0.05) is 18.2 Å². The normalized spacial score (nSPS) is 10.7. The molecule has 0 fully saturated rings. The number of hydrogen-bond acceptors (Lipinski definition) is 7. The zero-order chi connectivity index (χ0) is 18.7. The molecule has 0 radical (unpaired) electrons. The molecule has 0 saturated heterocycles. The highest BCUT2D eigenvalue weighted by molar-refractivity contribution is 9.10. The van der Waals surface area contributed by atoms with Gasteiger partial charge in [0.15, 0.2) is 17.2 Å². The average molecular weight is 439 g/mol. The number of fused-ring (bicyclic) bond motifs is 1. The molecule has 0 spiro atoms. The molecule has 6 nitrogen and oxygen atoms in total. The Hall–Kier alpha value is -2.32. The highest BCUT2D eigenvalue weighted by Gasteiger charge is 2.27. The van der Waals surface area contributed by atoms with Gasteiger partial charge in [-0.3, -0.25) is 0 Å². The molecule has 0 N–H and O–H groups in total. The second-order valence-corrected chi connectivity index (χ2v) is 6.95. The highest BCUT2D eigenvalue weighted by atomic mass is 79.9. The fourth-order valence-electron chi connectivity index (χ4n) is 2.34. The Kier molecular flexibility index (Phi) is 5.63. The van der Waals surface area contributed by atoms with E-state index in [1.165, 1.54) is 7.11 Å². The van der Waals surface area contributed by atoms with E-state index in [4.69, 9.17) is 18.6 Å². The number of halogens is 1. The second kappa shape index (κ2) is 7.92. The summed E-state index contributed by atoms with van der Waals surface area (Å²) < 4.78 is 21.6. The third kappa shape index (κ3) is 3.61. The van der Waals surface area contributed by atoms with Crippen molar-refractivity contribution in [2.24, 2.45) is 0 Å². The number of carbonyl (C=O) groups is 2. The van der Waals surface area contributed by atoms with E-state index in [1.54, 1.807) is 6.92 Å². The molecule has 2 aromatic heterocycles. The summed E-state index contributed by atoms with van der Waals surface area (Å²) in [6, 6.07) is 9.47. The molecular formula is C18H15BrO6S. The van der Waals surface area contributed by atoms with Crippen LogP contribution in [0.25, 0.3) is 21.6 Å². The minimum atomic E-state index is -0.558. The van der Waals surface area contributed by atoms with Crippen LogP contribution in [0.5, 0.6) is 5.75 Å². The summed E-state index contributed by atoms with van der Waals surface area (Å²) in [5, 5.41) is 0.941. The topological polar surface area (TPSA) is 75.0 Å². The summed E-state index contributed by atoms with van der Waals surface area (Å²) in [5.74, 6) is -0.270. The smallest absolute Gasteiger partial charge is 0.351 e. The molecule has 136 valence electrons. The first-order valence-corrected chi connectivity index (χ1v) is 9.34. The van der Waals surface area contributed by atoms with Crippen molar-refractivity contribution >= 4 is 50.2 Å². The maximum absolute atomic E-state index is 12.1. The van der Waals surface area contributed by atoms with Crippen molar-refractivity contribution < 1.29 is 28.2 Å². The number of furan rings is 1. The summed E-state index contributed by atoms with van der Waals surface area (Å²) in [6.45, 7) is 1.64. The van der Waals surface area contributed by atoms with Crippen molar-refractivity contribution in [1.29, 1.82) is 0 Å². The molecule has 0 amide bonds. The van der Waals surface area contributed by atoms with Gasteiger partial charge >= 0.3 is 11.9 Å². The van der Waals surface area contributed by atoms with Gasteiger partial charge in [0, 0.05) is 5.39 Å². The third-order valence-corrected chi connectivity index (χ3v) is 5.65. The lowest BCUT2D eigenvalue weighted by molar-refractivity contribution is -0.145. The minimum Gasteiger partial charge on any atom is -0.479 e. The monoisotopic (exact) mass is 438 g/mol. The van der Waals surface area contributed by atoms with Crippen molar-refractivity contribution in [3.8, 4) is 16.4 Å². The van der Waals surface area contributed by atoms with E-state index in [9.17, 15) is 9.59 Å². The molecule has 26 heavy (non-hydrogen) atoms. The standard InChI is InChI=1S/C18H15BrO6S/c1-3-23-13(20)9-24-15-14(19)16(26-17(15)18(21)22-2)12-8-10-6-4-5-7-11(10)25-12/h4-8H,3,9H2,1-2H3. The van der Waals surface area contributed by atoms with Gasteiger partial charge in [0.2, 0.25) is 0 Å². The van der Waals surface area contributed by atoms with Gasteiger partial charge in [-0.15, -0.1) is 11.3 Å². The molecule has 0 bridgehead atoms. The van der Waals surface area contributed by atoms with Gasteiger partial charge in [-0.05, 0) is 35.0 Å². The molecule has 1 aromatic carbocycles. The van der Waals surface area contributed by atoms with E-state index in [2.05, 4.69) is 15.9 Å². The summed E-state index contributed by atoms with van der Waals surface area (Å²) in [4.78, 5) is 24.6. The van der Waals surface area contributed by atoms with Gasteiger partial charge in [0.05, 0.1) is 23.1 Å². The fraction of sp³-hybridized carbons (Fsp3) is 0.222. The fourth-order valence-corrected chi connectivity index (χ4v) is 4.23. The summed E-state index contributed by atoms with van der Waals surface area (Å²) in [6.07, 6.45) is 0. The Morgan fingerprint density at radius 1 is 1.27 bits per heavy atom. The lowest BCUT2D eigenvalue weighted by Gasteiger charge is -2.06. The number of hydrogen-bond donors (Lipinski definition) is 0. The molecule has 0 saturated carbocycles. The molecular weight excluding hydrogens is 424 g/mol.